The number of likely N-dealkylation sites (N-methyl/N-ethyl adjacent to an activating group) is 2. The largest absolute Gasteiger partial charge is 0.331 e. The minimum absolute atomic E-state index is 0.205. The standard InChI is InChI=1S/C33H38N4O3/c1-36(31(38)23-26-17-19-35-20-18-26)29(14-8-11-25-15-16-27-12-6-7-13-28(27)21-25)33(40)37(2)30(32(34)39)22-24-9-4-3-5-10-24/h3-13,15-16,21,23,29-30,35H,14,17-20,22H2,1-2H3,(H2,34,39)/p+1/b11-8+/t29-,30-/m1/s1. The number of benzene rings is 3. The van der Waals surface area contributed by atoms with E-state index in [1.807, 2.05) is 60.7 Å². The number of quaternary nitrogens is 1. The van der Waals surface area contributed by atoms with Crippen LogP contribution < -0.4 is 11.1 Å². The molecule has 1 aliphatic heterocycles. The fourth-order valence-corrected chi connectivity index (χ4v) is 5.08. The van der Waals surface area contributed by atoms with Crippen LogP contribution in [0.5, 0.6) is 0 Å². The zero-order valence-corrected chi connectivity index (χ0v) is 23.4. The van der Waals surface area contributed by atoms with Crippen molar-refractivity contribution in [2.24, 2.45) is 0 Å². The number of nitrogens with one attached hydrogen (secondary N) is 1. The van der Waals surface area contributed by atoms with E-state index in [1.54, 1.807) is 20.2 Å². The maximum Gasteiger partial charge on any atom is 0.331 e. The Kier molecular flexibility index (Phi) is 10.00. The topological polar surface area (TPSA) is 97.4 Å². The van der Waals surface area contributed by atoms with Gasteiger partial charge in [-0.2, -0.15) is 0 Å². The summed E-state index contributed by atoms with van der Waals surface area (Å²) in [7, 11) is 3.29. The number of hydrogen-bond donors (Lipinski definition) is 2. The Balaban J connectivity index is 1.57. The number of nitrogens with zero attached hydrogens (tertiary/aromatic N) is 2. The van der Waals surface area contributed by atoms with Crippen LogP contribution in [0.3, 0.4) is 0 Å². The van der Waals surface area contributed by atoms with E-state index >= 15 is 0 Å². The molecule has 0 aliphatic carbocycles. The molecule has 3 aromatic carbocycles. The molecule has 4 N–H and O–H groups in total. The second-order valence-corrected chi connectivity index (χ2v) is 10.4. The normalized spacial score (nSPS) is 15.0. The Labute approximate surface area is 236 Å². The van der Waals surface area contributed by atoms with Crippen molar-refractivity contribution in [3.8, 4) is 0 Å². The quantitative estimate of drug-likeness (QED) is 0.387. The van der Waals surface area contributed by atoms with Gasteiger partial charge >= 0.3 is 5.91 Å². The summed E-state index contributed by atoms with van der Waals surface area (Å²) in [5.41, 5.74) is 6.67. The first kappa shape index (κ1) is 28.9. The Bertz CT molecular complexity index is 1390. The molecule has 2 atom stereocenters. The molecule has 3 amide bonds. The van der Waals surface area contributed by atoms with Crippen molar-refractivity contribution in [3.05, 3.63) is 102 Å². The number of carbonyl (C=O) groups excluding carboxylic acids is 3. The number of carbonyl (C=O) groups is 3. The van der Waals surface area contributed by atoms with E-state index in [2.05, 4.69) is 35.3 Å². The molecule has 0 bridgehead atoms. The van der Waals surface area contributed by atoms with Crippen molar-refractivity contribution in [1.29, 1.82) is 0 Å². The Morgan fingerprint density at radius 2 is 1.55 bits per heavy atom. The highest BCUT2D eigenvalue weighted by Crippen LogP contribution is 2.19. The van der Waals surface area contributed by atoms with Gasteiger partial charge in [-0.15, -0.1) is 0 Å². The molecule has 1 aliphatic rings. The summed E-state index contributed by atoms with van der Waals surface area (Å²) in [6, 6.07) is 22.4. The van der Waals surface area contributed by atoms with Crippen LogP contribution in [0.4, 0.5) is 0 Å². The van der Waals surface area contributed by atoms with Crippen LogP contribution in [0.15, 0.2) is 90.5 Å². The fraction of sp³-hybridized carbons (Fsp3) is 0.303. The molecule has 40 heavy (non-hydrogen) atoms. The molecule has 0 radical (unpaired) electrons. The summed E-state index contributed by atoms with van der Waals surface area (Å²) in [5, 5.41) is 5.59. The lowest BCUT2D eigenvalue weighted by Gasteiger charge is -2.32. The van der Waals surface area contributed by atoms with Crippen LogP contribution in [0.2, 0.25) is 0 Å². The highest BCUT2D eigenvalue weighted by atomic mass is 16.2. The SMILES string of the molecule is CN(C(=O)C=C1CCNCC1)[C@H](C/C=C/c1ccc2ccccc2c1)C(=O)N(C)[C@H](Cc1ccccc1)C([NH3+])=O. The Hall–Kier alpha value is -4.07. The molecular weight excluding hydrogens is 500 g/mol. The molecule has 1 fully saturated rings. The van der Waals surface area contributed by atoms with Crippen molar-refractivity contribution in [3.63, 3.8) is 0 Å². The molecule has 3 aromatic rings. The predicted molar refractivity (Wildman–Crippen MR) is 159 cm³/mol. The Morgan fingerprint density at radius 1 is 0.875 bits per heavy atom. The average Bonchev–Trinajstić information content (AvgIpc) is 2.98. The maximum absolute atomic E-state index is 13.9. The molecule has 1 saturated heterocycles. The molecule has 7 heteroatoms. The molecule has 208 valence electrons. The van der Waals surface area contributed by atoms with Gasteiger partial charge < -0.3 is 15.1 Å². The predicted octanol–water partition coefficient (Wildman–Crippen LogP) is 3.22. The Morgan fingerprint density at radius 3 is 2.25 bits per heavy atom. The number of piperidine rings is 1. The van der Waals surface area contributed by atoms with Crippen LogP contribution in [0.25, 0.3) is 16.8 Å². The zero-order chi connectivity index (χ0) is 28.5. The van der Waals surface area contributed by atoms with Gasteiger partial charge in [-0.1, -0.05) is 84.5 Å². The molecule has 0 spiro atoms. The summed E-state index contributed by atoms with van der Waals surface area (Å²) in [5.74, 6) is -0.833. The summed E-state index contributed by atoms with van der Waals surface area (Å²) in [6.07, 6.45) is 7.88. The number of rotatable bonds is 10. The number of amides is 3. The first-order valence-electron chi connectivity index (χ1n) is 13.8. The molecule has 4 rings (SSSR count). The maximum atomic E-state index is 13.9. The fourth-order valence-electron chi connectivity index (χ4n) is 5.08. The van der Waals surface area contributed by atoms with Crippen LogP contribution in [0, 0.1) is 0 Å². The van der Waals surface area contributed by atoms with E-state index in [-0.39, 0.29) is 17.7 Å². The zero-order valence-electron chi connectivity index (χ0n) is 23.4. The van der Waals surface area contributed by atoms with E-state index in [4.69, 9.17) is 0 Å². The van der Waals surface area contributed by atoms with Gasteiger partial charge in [0.25, 0.3) is 0 Å². The van der Waals surface area contributed by atoms with E-state index in [0.29, 0.717) is 12.8 Å². The molecule has 0 unspecified atom stereocenters. The monoisotopic (exact) mass is 539 g/mol. The lowest BCUT2D eigenvalue weighted by Crippen LogP contribution is -2.67. The van der Waals surface area contributed by atoms with Crippen LogP contribution in [0.1, 0.15) is 30.4 Å². The van der Waals surface area contributed by atoms with Crippen LogP contribution >= 0.6 is 0 Å². The van der Waals surface area contributed by atoms with Crippen LogP contribution in [-0.4, -0.2) is 66.8 Å². The third kappa shape index (κ3) is 7.52. The van der Waals surface area contributed by atoms with Gasteiger partial charge in [0.1, 0.15) is 6.04 Å². The minimum Gasteiger partial charge on any atom is -0.330 e. The number of fused-ring (bicyclic) bond motifs is 1. The van der Waals surface area contributed by atoms with Gasteiger partial charge in [0, 0.05) is 26.6 Å². The van der Waals surface area contributed by atoms with Gasteiger partial charge in [-0.25, -0.2) is 4.79 Å². The third-order valence-electron chi connectivity index (χ3n) is 7.58. The van der Waals surface area contributed by atoms with E-state index in [9.17, 15) is 14.4 Å². The summed E-state index contributed by atoms with van der Waals surface area (Å²) >= 11 is 0. The first-order chi connectivity index (χ1) is 19.3. The summed E-state index contributed by atoms with van der Waals surface area (Å²) in [4.78, 5) is 42.8. The van der Waals surface area contributed by atoms with Crippen molar-refractivity contribution in [2.75, 3.05) is 27.2 Å². The van der Waals surface area contributed by atoms with Gasteiger partial charge in [0.05, 0.1) is 0 Å². The molecular formula is C33H39N4O3+. The molecule has 0 aromatic heterocycles. The smallest absolute Gasteiger partial charge is 0.330 e. The first-order valence-corrected chi connectivity index (χ1v) is 13.8. The summed E-state index contributed by atoms with van der Waals surface area (Å²) < 4.78 is 0. The molecule has 0 saturated carbocycles. The van der Waals surface area contributed by atoms with Crippen LogP contribution in [-0.2, 0) is 20.8 Å². The van der Waals surface area contributed by atoms with Gasteiger partial charge in [-0.3, -0.25) is 15.3 Å². The molecule has 7 nitrogen and oxygen atoms in total. The van der Waals surface area contributed by atoms with Gasteiger partial charge in [0.2, 0.25) is 11.8 Å². The second kappa shape index (κ2) is 13.8. The second-order valence-electron chi connectivity index (χ2n) is 10.4. The van der Waals surface area contributed by atoms with Crippen molar-refractivity contribution in [1.82, 2.24) is 15.1 Å². The highest BCUT2D eigenvalue weighted by Gasteiger charge is 2.34. The lowest BCUT2D eigenvalue weighted by atomic mass is 10.0. The average molecular weight is 540 g/mol. The van der Waals surface area contributed by atoms with E-state index in [1.165, 1.54) is 9.80 Å². The third-order valence-corrected chi connectivity index (χ3v) is 7.58. The van der Waals surface area contributed by atoms with Crippen molar-refractivity contribution < 1.29 is 20.1 Å². The van der Waals surface area contributed by atoms with E-state index in [0.717, 1.165) is 53.4 Å². The number of hydrogen-bond acceptors (Lipinski definition) is 4. The molecule has 1 heterocycles. The van der Waals surface area contributed by atoms with Crippen molar-refractivity contribution in [2.45, 2.75) is 37.8 Å². The highest BCUT2D eigenvalue weighted by molar-refractivity contribution is 5.94. The summed E-state index contributed by atoms with van der Waals surface area (Å²) in [6.45, 7) is 1.68. The van der Waals surface area contributed by atoms with E-state index < -0.39 is 12.1 Å². The van der Waals surface area contributed by atoms with Gasteiger partial charge in [-0.05, 0) is 60.3 Å². The minimum atomic E-state index is -0.773. The van der Waals surface area contributed by atoms with Crippen molar-refractivity contribution >= 4 is 34.6 Å². The van der Waals surface area contributed by atoms with Gasteiger partial charge in [0.15, 0.2) is 6.04 Å². The lowest BCUT2D eigenvalue weighted by molar-refractivity contribution is -0.311.